The van der Waals surface area contributed by atoms with Crippen molar-refractivity contribution in [1.82, 2.24) is 9.88 Å². The van der Waals surface area contributed by atoms with Gasteiger partial charge in [0.05, 0.1) is 9.82 Å². The van der Waals surface area contributed by atoms with Gasteiger partial charge in [-0.3, -0.25) is 14.9 Å². The third-order valence-corrected chi connectivity index (χ3v) is 7.34. The van der Waals surface area contributed by atoms with Gasteiger partial charge in [-0.15, -0.1) is 11.3 Å². The van der Waals surface area contributed by atoms with Crippen molar-refractivity contribution in [2.24, 2.45) is 0 Å². The number of thiazole rings is 1. The minimum absolute atomic E-state index is 0.0674. The number of nitro groups is 1. The topological polar surface area (TPSA) is 79.6 Å². The highest BCUT2D eigenvalue weighted by molar-refractivity contribution is 8.01. The third kappa shape index (κ3) is 4.72. The van der Waals surface area contributed by atoms with Gasteiger partial charge >= 0.3 is 0 Å². The van der Waals surface area contributed by atoms with E-state index in [-0.39, 0.29) is 11.6 Å². The van der Waals surface area contributed by atoms with Crippen LogP contribution in [0.4, 0.5) is 11.4 Å². The van der Waals surface area contributed by atoms with E-state index in [4.69, 9.17) is 0 Å². The van der Waals surface area contributed by atoms with Crippen LogP contribution in [0.2, 0.25) is 0 Å². The van der Waals surface area contributed by atoms with Crippen LogP contribution in [0.1, 0.15) is 21.6 Å². The van der Waals surface area contributed by atoms with Crippen molar-refractivity contribution in [1.29, 1.82) is 0 Å². The largest absolute Gasteiger partial charge is 0.368 e. The second-order valence-electron chi connectivity index (χ2n) is 7.36. The van der Waals surface area contributed by atoms with Crippen LogP contribution in [-0.2, 0) is 0 Å². The van der Waals surface area contributed by atoms with Crippen molar-refractivity contribution in [2.75, 3.05) is 31.1 Å². The summed E-state index contributed by atoms with van der Waals surface area (Å²) >= 11 is 2.70. The van der Waals surface area contributed by atoms with E-state index < -0.39 is 4.92 Å². The molecule has 1 aliphatic heterocycles. The summed E-state index contributed by atoms with van der Waals surface area (Å²) in [6.07, 6.45) is 0. The Bertz CT molecular complexity index is 1120. The van der Waals surface area contributed by atoms with Gasteiger partial charge in [0, 0.05) is 54.6 Å². The highest BCUT2D eigenvalue weighted by Gasteiger charge is 2.25. The van der Waals surface area contributed by atoms with Gasteiger partial charge in [-0.1, -0.05) is 30.0 Å². The Hall–Kier alpha value is -2.91. The molecule has 0 spiro atoms. The molecule has 7 nitrogen and oxygen atoms in total. The van der Waals surface area contributed by atoms with Crippen molar-refractivity contribution >= 4 is 40.4 Å². The van der Waals surface area contributed by atoms with Crippen LogP contribution in [0, 0.1) is 24.0 Å². The standard InChI is InChI=1S/C22H22N4O3S2/c1-15-5-3-4-6-18(15)24-9-11-25(12-10-24)21(27)17-7-8-20(19(13-17)26(28)29)31-22-23-16(2)14-30-22/h3-8,13-14H,9-12H2,1-2H3. The maximum Gasteiger partial charge on any atom is 0.284 e. The number of para-hydroxylation sites is 1. The second-order valence-corrected chi connectivity index (χ2v) is 9.51. The number of anilines is 1. The Morgan fingerprint density at radius 2 is 1.87 bits per heavy atom. The first-order chi connectivity index (χ1) is 14.9. The van der Waals surface area contributed by atoms with Gasteiger partial charge in [0.25, 0.3) is 11.6 Å². The maximum absolute atomic E-state index is 13.0. The molecule has 2 heterocycles. The van der Waals surface area contributed by atoms with Gasteiger partial charge in [0.1, 0.15) is 0 Å². The lowest BCUT2D eigenvalue weighted by molar-refractivity contribution is -0.387. The quantitative estimate of drug-likeness (QED) is 0.408. The number of nitro benzene ring substituents is 1. The van der Waals surface area contributed by atoms with E-state index in [2.05, 4.69) is 28.9 Å². The summed E-state index contributed by atoms with van der Waals surface area (Å²) in [5, 5.41) is 13.5. The van der Waals surface area contributed by atoms with Gasteiger partial charge in [0.2, 0.25) is 0 Å². The Kier molecular flexibility index (Phi) is 6.24. The number of piperazine rings is 1. The molecule has 1 fully saturated rings. The average molecular weight is 455 g/mol. The van der Waals surface area contributed by atoms with Crippen LogP contribution >= 0.6 is 23.1 Å². The number of nitrogens with zero attached hydrogens (tertiary/aromatic N) is 4. The Balaban J connectivity index is 1.48. The van der Waals surface area contributed by atoms with E-state index >= 15 is 0 Å². The number of aromatic nitrogens is 1. The molecule has 0 saturated carbocycles. The highest BCUT2D eigenvalue weighted by Crippen LogP contribution is 2.37. The molecule has 4 rings (SSSR count). The number of carbonyl (C=O) groups is 1. The van der Waals surface area contributed by atoms with Crippen molar-refractivity contribution in [2.45, 2.75) is 23.1 Å². The lowest BCUT2D eigenvalue weighted by atomic mass is 10.1. The van der Waals surface area contributed by atoms with Gasteiger partial charge in [-0.2, -0.15) is 0 Å². The molecule has 31 heavy (non-hydrogen) atoms. The average Bonchev–Trinajstić information content (AvgIpc) is 3.18. The predicted octanol–water partition coefficient (Wildman–Crippen LogP) is 4.78. The monoisotopic (exact) mass is 454 g/mol. The Morgan fingerprint density at radius 1 is 1.13 bits per heavy atom. The van der Waals surface area contributed by atoms with Crippen LogP contribution in [0.15, 0.2) is 57.1 Å². The first-order valence-corrected chi connectivity index (χ1v) is 11.6. The SMILES string of the molecule is Cc1csc(Sc2ccc(C(=O)N3CCN(c4ccccc4C)CC3)cc2[N+](=O)[O-])n1. The first-order valence-electron chi connectivity index (χ1n) is 9.90. The highest BCUT2D eigenvalue weighted by atomic mass is 32.2. The minimum atomic E-state index is -0.435. The zero-order chi connectivity index (χ0) is 22.0. The molecular weight excluding hydrogens is 432 g/mol. The Labute approximate surface area is 188 Å². The van der Waals surface area contributed by atoms with Crippen molar-refractivity contribution in [3.05, 3.63) is 74.8 Å². The van der Waals surface area contributed by atoms with E-state index in [0.29, 0.717) is 23.5 Å². The molecule has 1 aromatic heterocycles. The van der Waals surface area contributed by atoms with Crippen molar-refractivity contribution < 1.29 is 9.72 Å². The second kappa shape index (κ2) is 9.07. The molecule has 0 radical (unpaired) electrons. The number of benzene rings is 2. The van der Waals surface area contributed by atoms with Gasteiger partial charge < -0.3 is 9.80 Å². The summed E-state index contributed by atoms with van der Waals surface area (Å²) in [6, 6.07) is 12.9. The number of rotatable bonds is 5. The van der Waals surface area contributed by atoms with Crippen molar-refractivity contribution in [3.63, 3.8) is 0 Å². The molecule has 0 unspecified atom stereocenters. The fourth-order valence-electron chi connectivity index (χ4n) is 3.60. The lowest BCUT2D eigenvalue weighted by Gasteiger charge is -2.36. The molecule has 0 bridgehead atoms. The Morgan fingerprint density at radius 3 is 2.52 bits per heavy atom. The number of aryl methyl sites for hydroxylation is 2. The van der Waals surface area contributed by atoms with E-state index in [0.717, 1.165) is 23.1 Å². The number of amides is 1. The predicted molar refractivity (Wildman–Crippen MR) is 123 cm³/mol. The summed E-state index contributed by atoms with van der Waals surface area (Å²) < 4.78 is 0.743. The molecule has 0 atom stereocenters. The third-order valence-electron chi connectivity index (χ3n) is 5.22. The van der Waals surface area contributed by atoms with E-state index in [1.165, 1.54) is 40.4 Å². The maximum atomic E-state index is 13.0. The summed E-state index contributed by atoms with van der Waals surface area (Å²) in [5.74, 6) is -0.172. The summed E-state index contributed by atoms with van der Waals surface area (Å²) in [7, 11) is 0. The number of hydrogen-bond donors (Lipinski definition) is 0. The minimum Gasteiger partial charge on any atom is -0.368 e. The van der Waals surface area contributed by atoms with Crippen LogP contribution in [-0.4, -0.2) is 46.9 Å². The van der Waals surface area contributed by atoms with Crippen molar-refractivity contribution in [3.8, 4) is 0 Å². The molecule has 0 aliphatic carbocycles. The summed E-state index contributed by atoms with van der Waals surface area (Å²) in [6.45, 7) is 6.59. The fourth-order valence-corrected chi connectivity index (χ4v) is 5.48. The van der Waals surface area contributed by atoms with Gasteiger partial charge in [-0.25, -0.2) is 4.98 Å². The zero-order valence-electron chi connectivity index (χ0n) is 17.3. The molecule has 1 aliphatic rings. The van der Waals surface area contributed by atoms with Crippen LogP contribution in [0.5, 0.6) is 0 Å². The number of carbonyl (C=O) groups excluding carboxylic acids is 1. The summed E-state index contributed by atoms with van der Waals surface area (Å²) in [4.78, 5) is 33.1. The molecule has 0 N–H and O–H groups in total. The number of hydrogen-bond acceptors (Lipinski definition) is 7. The van der Waals surface area contributed by atoms with E-state index in [1.807, 2.05) is 24.4 Å². The van der Waals surface area contributed by atoms with Crippen LogP contribution < -0.4 is 4.90 Å². The fraction of sp³-hybridized carbons (Fsp3) is 0.273. The van der Waals surface area contributed by atoms with Gasteiger partial charge in [0.15, 0.2) is 4.34 Å². The molecule has 3 aromatic rings. The molecular formula is C22H22N4O3S2. The molecule has 1 amide bonds. The summed E-state index contributed by atoms with van der Waals surface area (Å²) in [5.41, 5.74) is 3.55. The molecule has 9 heteroatoms. The zero-order valence-corrected chi connectivity index (χ0v) is 18.9. The van der Waals surface area contributed by atoms with Crippen LogP contribution in [0.25, 0.3) is 0 Å². The molecule has 1 saturated heterocycles. The normalized spacial score (nSPS) is 14.0. The van der Waals surface area contributed by atoms with Crippen LogP contribution in [0.3, 0.4) is 0 Å². The van der Waals surface area contributed by atoms with E-state index in [1.54, 1.807) is 17.0 Å². The molecule has 160 valence electrons. The van der Waals surface area contributed by atoms with E-state index in [9.17, 15) is 14.9 Å². The first kappa shape index (κ1) is 21.3. The van der Waals surface area contributed by atoms with Gasteiger partial charge in [-0.05, 0) is 37.6 Å². The smallest absolute Gasteiger partial charge is 0.284 e. The molecule has 2 aromatic carbocycles. The lowest BCUT2D eigenvalue weighted by Crippen LogP contribution is -2.49.